The average molecular weight is 432 g/mol. The maximum atomic E-state index is 13.0. The summed E-state index contributed by atoms with van der Waals surface area (Å²) in [6.07, 6.45) is 6.80. The average Bonchev–Trinajstić information content (AvgIpc) is 3.40. The van der Waals surface area contributed by atoms with Crippen molar-refractivity contribution < 1.29 is 9.90 Å². The highest BCUT2D eigenvalue weighted by atomic mass is 16.3. The molecule has 0 bridgehead atoms. The maximum absolute atomic E-state index is 13.0. The highest BCUT2D eigenvalue weighted by Gasteiger charge is 2.38. The first-order valence-electron chi connectivity index (χ1n) is 11.4. The van der Waals surface area contributed by atoms with Crippen LogP contribution in [0.2, 0.25) is 0 Å². The number of rotatable bonds is 4. The Balaban J connectivity index is 1.19. The first-order valence-corrected chi connectivity index (χ1v) is 11.4. The van der Waals surface area contributed by atoms with Crippen LogP contribution in [0.25, 0.3) is 5.69 Å². The number of carbonyl (C=O) groups is 1. The Kier molecular flexibility index (Phi) is 5.76. The summed E-state index contributed by atoms with van der Waals surface area (Å²) in [7, 11) is 0. The zero-order chi connectivity index (χ0) is 22.0. The number of piperidine rings is 2. The van der Waals surface area contributed by atoms with Gasteiger partial charge < -0.3 is 10.0 Å². The molecule has 2 aliphatic heterocycles. The summed E-state index contributed by atoms with van der Waals surface area (Å²) in [5, 5.41) is 15.4. The van der Waals surface area contributed by atoms with Gasteiger partial charge in [-0.3, -0.25) is 9.69 Å². The van der Waals surface area contributed by atoms with E-state index in [4.69, 9.17) is 0 Å². The van der Waals surface area contributed by atoms with E-state index in [0.29, 0.717) is 18.2 Å². The minimum Gasteiger partial charge on any atom is -0.384 e. The normalized spacial score (nSPS) is 22.7. The van der Waals surface area contributed by atoms with E-state index < -0.39 is 5.60 Å². The fourth-order valence-corrected chi connectivity index (χ4v) is 5.08. The largest absolute Gasteiger partial charge is 0.384 e. The van der Waals surface area contributed by atoms with Crippen LogP contribution in [0.4, 0.5) is 0 Å². The van der Waals surface area contributed by atoms with E-state index in [-0.39, 0.29) is 5.91 Å². The highest BCUT2D eigenvalue weighted by molar-refractivity contribution is 5.94. The standard InChI is InChI=1S/C25H29N5O2/c31-24(20-7-9-23(10-8-20)30-19-26-18-27-30)28-15-11-22(12-16-28)29-14-4-13-25(32,17-29)21-5-2-1-3-6-21/h1-3,5-10,18-19,22,32H,4,11-17H2. The monoisotopic (exact) mass is 431 g/mol. The van der Waals surface area contributed by atoms with E-state index in [1.165, 1.54) is 6.33 Å². The van der Waals surface area contributed by atoms with Crippen molar-refractivity contribution in [1.82, 2.24) is 24.6 Å². The van der Waals surface area contributed by atoms with Gasteiger partial charge >= 0.3 is 0 Å². The zero-order valence-electron chi connectivity index (χ0n) is 18.2. The summed E-state index contributed by atoms with van der Waals surface area (Å²) in [5.41, 5.74) is 1.81. The quantitative estimate of drug-likeness (QED) is 0.688. The Morgan fingerprint density at radius 3 is 2.44 bits per heavy atom. The molecule has 2 saturated heterocycles. The van der Waals surface area contributed by atoms with Crippen molar-refractivity contribution in [3.05, 3.63) is 78.4 Å². The summed E-state index contributed by atoms with van der Waals surface area (Å²) in [6, 6.07) is 17.9. The molecule has 1 N–H and O–H groups in total. The number of amides is 1. The van der Waals surface area contributed by atoms with Crippen molar-refractivity contribution in [2.75, 3.05) is 26.2 Å². The van der Waals surface area contributed by atoms with Gasteiger partial charge in [0.05, 0.1) is 5.69 Å². The molecule has 2 fully saturated rings. The van der Waals surface area contributed by atoms with Gasteiger partial charge in [-0.15, -0.1) is 0 Å². The third-order valence-corrected chi connectivity index (χ3v) is 6.88. The van der Waals surface area contributed by atoms with E-state index in [9.17, 15) is 9.90 Å². The summed E-state index contributed by atoms with van der Waals surface area (Å²) in [5.74, 6) is 0.0769. The third-order valence-electron chi connectivity index (χ3n) is 6.88. The summed E-state index contributed by atoms with van der Waals surface area (Å²) in [4.78, 5) is 21.4. The number of carbonyl (C=O) groups excluding carboxylic acids is 1. The lowest BCUT2D eigenvalue weighted by molar-refractivity contribution is -0.0553. The number of hydrogen-bond donors (Lipinski definition) is 1. The van der Waals surface area contributed by atoms with E-state index in [0.717, 1.165) is 56.6 Å². The molecule has 2 aromatic carbocycles. The zero-order valence-corrected chi connectivity index (χ0v) is 18.2. The Hall–Kier alpha value is -3.03. The van der Waals surface area contributed by atoms with Gasteiger partial charge in [-0.1, -0.05) is 30.3 Å². The fourth-order valence-electron chi connectivity index (χ4n) is 5.08. The van der Waals surface area contributed by atoms with Gasteiger partial charge in [-0.05, 0) is 62.1 Å². The van der Waals surface area contributed by atoms with E-state index in [1.807, 2.05) is 59.5 Å². The summed E-state index contributed by atoms with van der Waals surface area (Å²) >= 11 is 0. The van der Waals surface area contributed by atoms with Crippen molar-refractivity contribution in [1.29, 1.82) is 0 Å². The molecule has 3 heterocycles. The minimum atomic E-state index is -0.779. The van der Waals surface area contributed by atoms with Gasteiger partial charge in [0, 0.05) is 31.2 Å². The van der Waals surface area contributed by atoms with Crippen molar-refractivity contribution >= 4 is 5.91 Å². The number of nitrogens with zero attached hydrogens (tertiary/aromatic N) is 5. The van der Waals surface area contributed by atoms with Gasteiger partial charge in [-0.25, -0.2) is 9.67 Å². The predicted molar refractivity (Wildman–Crippen MR) is 121 cm³/mol. The third kappa shape index (κ3) is 4.18. The van der Waals surface area contributed by atoms with Crippen LogP contribution >= 0.6 is 0 Å². The molecule has 5 rings (SSSR count). The molecule has 7 nitrogen and oxygen atoms in total. The molecule has 0 spiro atoms. The second kappa shape index (κ2) is 8.84. The molecule has 7 heteroatoms. The first-order chi connectivity index (χ1) is 15.6. The number of likely N-dealkylation sites (tertiary alicyclic amines) is 2. The predicted octanol–water partition coefficient (Wildman–Crippen LogP) is 2.86. The second-order valence-electron chi connectivity index (χ2n) is 8.88. The van der Waals surface area contributed by atoms with Gasteiger partial charge in [0.25, 0.3) is 5.91 Å². The molecule has 166 valence electrons. The van der Waals surface area contributed by atoms with Crippen LogP contribution in [-0.2, 0) is 5.60 Å². The molecule has 1 amide bonds. The lowest BCUT2D eigenvalue weighted by Gasteiger charge is -2.45. The Labute approximate surface area is 188 Å². The minimum absolute atomic E-state index is 0.0769. The van der Waals surface area contributed by atoms with Crippen molar-refractivity contribution in [3.8, 4) is 5.69 Å². The topological polar surface area (TPSA) is 74.5 Å². The number of benzene rings is 2. The molecule has 0 saturated carbocycles. The summed E-state index contributed by atoms with van der Waals surface area (Å²) in [6.45, 7) is 3.17. The Morgan fingerprint density at radius 2 is 1.75 bits per heavy atom. The molecule has 1 aromatic heterocycles. The smallest absolute Gasteiger partial charge is 0.253 e. The number of aromatic nitrogens is 3. The number of β-amino-alcohol motifs (C(OH)–C–C–N with tert-alkyl or cyclic N) is 1. The van der Waals surface area contributed by atoms with Gasteiger partial charge in [0.15, 0.2) is 0 Å². The van der Waals surface area contributed by atoms with Crippen LogP contribution in [0.3, 0.4) is 0 Å². The lowest BCUT2D eigenvalue weighted by atomic mass is 9.84. The van der Waals surface area contributed by atoms with E-state index in [1.54, 1.807) is 11.0 Å². The molecule has 2 aliphatic rings. The molecular weight excluding hydrogens is 402 g/mol. The van der Waals surface area contributed by atoms with Crippen LogP contribution in [0.5, 0.6) is 0 Å². The maximum Gasteiger partial charge on any atom is 0.253 e. The van der Waals surface area contributed by atoms with Gasteiger partial charge in [0.2, 0.25) is 0 Å². The molecular formula is C25H29N5O2. The Bertz CT molecular complexity index is 1030. The lowest BCUT2D eigenvalue weighted by Crippen LogP contribution is -2.53. The van der Waals surface area contributed by atoms with Crippen LogP contribution in [-0.4, -0.2) is 67.8 Å². The molecule has 3 aromatic rings. The molecule has 32 heavy (non-hydrogen) atoms. The molecule has 0 radical (unpaired) electrons. The van der Waals surface area contributed by atoms with Gasteiger partial charge in [0.1, 0.15) is 18.3 Å². The Morgan fingerprint density at radius 1 is 1.00 bits per heavy atom. The van der Waals surface area contributed by atoms with Crippen LogP contribution in [0.1, 0.15) is 41.6 Å². The van der Waals surface area contributed by atoms with Crippen LogP contribution in [0, 0.1) is 0 Å². The second-order valence-corrected chi connectivity index (χ2v) is 8.88. The number of aliphatic hydroxyl groups is 1. The number of hydrogen-bond acceptors (Lipinski definition) is 5. The first kappa shape index (κ1) is 20.8. The van der Waals surface area contributed by atoms with E-state index >= 15 is 0 Å². The SMILES string of the molecule is O=C(c1ccc(-n2cncn2)cc1)N1CCC(N2CCCC(O)(c3ccccc3)C2)CC1. The molecule has 1 unspecified atom stereocenters. The van der Waals surface area contributed by atoms with Gasteiger partial charge in [-0.2, -0.15) is 5.10 Å². The van der Waals surface area contributed by atoms with Crippen molar-refractivity contribution in [3.63, 3.8) is 0 Å². The van der Waals surface area contributed by atoms with E-state index in [2.05, 4.69) is 15.0 Å². The molecule has 0 aliphatic carbocycles. The summed E-state index contributed by atoms with van der Waals surface area (Å²) < 4.78 is 1.68. The van der Waals surface area contributed by atoms with Crippen LogP contribution in [0.15, 0.2) is 67.3 Å². The molecule has 1 atom stereocenters. The highest BCUT2D eigenvalue weighted by Crippen LogP contribution is 2.34. The van der Waals surface area contributed by atoms with Crippen molar-refractivity contribution in [2.24, 2.45) is 0 Å². The van der Waals surface area contributed by atoms with Crippen LogP contribution < -0.4 is 0 Å². The van der Waals surface area contributed by atoms with Crippen molar-refractivity contribution in [2.45, 2.75) is 37.3 Å². The fraction of sp³-hybridized carbons (Fsp3) is 0.400.